The minimum atomic E-state index is -1.45. The highest BCUT2D eigenvalue weighted by atomic mass is 35.5. The normalized spacial score (nSPS) is 24.7. The molecular formula is C18H19Cl2FN2O2. The summed E-state index contributed by atoms with van der Waals surface area (Å²) in [6.07, 6.45) is 4.66. The van der Waals surface area contributed by atoms with E-state index in [0.717, 1.165) is 24.2 Å². The van der Waals surface area contributed by atoms with Crippen molar-refractivity contribution in [3.63, 3.8) is 0 Å². The average molecular weight is 385 g/mol. The third-order valence-corrected chi connectivity index (χ3v) is 5.62. The quantitative estimate of drug-likeness (QED) is 0.575. The molecule has 0 spiro atoms. The van der Waals surface area contributed by atoms with Crippen molar-refractivity contribution in [2.75, 3.05) is 13.1 Å². The zero-order valence-corrected chi connectivity index (χ0v) is 15.4. The van der Waals surface area contributed by atoms with E-state index in [2.05, 4.69) is 11.7 Å². The van der Waals surface area contributed by atoms with Gasteiger partial charge >= 0.3 is 0 Å². The molecule has 1 fully saturated rings. The zero-order chi connectivity index (χ0) is 18.1. The van der Waals surface area contributed by atoms with Gasteiger partial charge in [-0.05, 0) is 31.9 Å². The molecular weight excluding hydrogens is 366 g/mol. The monoisotopic (exact) mass is 384 g/mol. The molecule has 1 aromatic heterocycles. The number of alkyl halides is 2. The van der Waals surface area contributed by atoms with Crippen LogP contribution in [0.4, 0.5) is 4.39 Å². The molecule has 2 heterocycles. The Hall–Kier alpha value is -1.59. The fourth-order valence-electron chi connectivity index (χ4n) is 3.35. The summed E-state index contributed by atoms with van der Waals surface area (Å²) >= 11 is 12.0. The van der Waals surface area contributed by atoms with Crippen LogP contribution in [0.25, 0.3) is 5.57 Å². The molecule has 25 heavy (non-hydrogen) atoms. The Morgan fingerprint density at radius 1 is 1.44 bits per heavy atom. The Labute approximate surface area is 155 Å². The number of halogens is 3. The molecule has 7 heteroatoms. The predicted molar refractivity (Wildman–Crippen MR) is 96.4 cm³/mol. The minimum Gasteiger partial charge on any atom is -0.360 e. The highest BCUT2D eigenvalue weighted by Crippen LogP contribution is 2.39. The Bertz CT molecular complexity index is 748. The summed E-state index contributed by atoms with van der Waals surface area (Å²) in [4.78, 5) is 13.5. The van der Waals surface area contributed by atoms with Crippen LogP contribution in [0.15, 0.2) is 34.4 Å². The number of piperidine rings is 1. The molecule has 1 aliphatic carbocycles. The fourth-order valence-corrected chi connectivity index (χ4v) is 3.92. The van der Waals surface area contributed by atoms with E-state index in [1.807, 2.05) is 6.92 Å². The van der Waals surface area contributed by atoms with Crippen molar-refractivity contribution in [1.82, 2.24) is 10.1 Å². The molecule has 0 N–H and O–H groups in total. The number of carbonyl (C=O) groups is 1. The van der Waals surface area contributed by atoms with E-state index in [-0.39, 0.29) is 16.9 Å². The van der Waals surface area contributed by atoms with Crippen molar-refractivity contribution < 1.29 is 13.7 Å². The fraction of sp³-hybridized carbons (Fsp3) is 0.444. The average Bonchev–Trinajstić information content (AvgIpc) is 3.00. The first-order valence-electron chi connectivity index (χ1n) is 8.17. The van der Waals surface area contributed by atoms with Crippen LogP contribution in [-0.4, -0.2) is 40.6 Å². The molecule has 2 atom stereocenters. The number of hydrogen-bond acceptors (Lipinski definition) is 3. The van der Waals surface area contributed by atoms with E-state index in [0.29, 0.717) is 24.4 Å². The number of amides is 1. The van der Waals surface area contributed by atoms with Gasteiger partial charge in [0, 0.05) is 30.1 Å². The number of carbonyl (C=O) groups excluding carboxylic acids is 1. The Morgan fingerprint density at radius 2 is 2.12 bits per heavy atom. The second kappa shape index (κ2) is 7.34. The lowest BCUT2D eigenvalue weighted by Gasteiger charge is -2.30. The Balaban J connectivity index is 1.79. The van der Waals surface area contributed by atoms with Gasteiger partial charge in [0.1, 0.15) is 11.5 Å². The lowest BCUT2D eigenvalue weighted by Crippen LogP contribution is -2.36. The number of aromatic nitrogens is 1. The van der Waals surface area contributed by atoms with Crippen LogP contribution < -0.4 is 0 Å². The largest absolute Gasteiger partial charge is 0.360 e. The molecule has 0 bridgehead atoms. The Kier molecular flexibility index (Phi) is 5.35. The summed E-state index contributed by atoms with van der Waals surface area (Å²) in [5, 5.41) is 3.33. The summed E-state index contributed by atoms with van der Waals surface area (Å²) in [7, 11) is 0. The molecule has 1 amide bonds. The molecule has 2 aliphatic rings. The first-order chi connectivity index (χ1) is 11.9. The van der Waals surface area contributed by atoms with Crippen LogP contribution in [0.5, 0.6) is 0 Å². The maximum atomic E-state index is 14.1. The molecule has 1 saturated heterocycles. The summed E-state index contributed by atoms with van der Waals surface area (Å²) in [6.45, 7) is 6.72. The molecule has 134 valence electrons. The summed E-state index contributed by atoms with van der Waals surface area (Å²) < 4.78 is 19.6. The first-order valence-corrected chi connectivity index (χ1v) is 8.98. The first kappa shape index (κ1) is 18.2. The van der Waals surface area contributed by atoms with Gasteiger partial charge in [-0.15, -0.1) is 11.6 Å². The van der Waals surface area contributed by atoms with Crippen molar-refractivity contribution in [2.24, 2.45) is 0 Å². The summed E-state index contributed by atoms with van der Waals surface area (Å²) in [5.41, 5.74) is 2.01. The third kappa shape index (κ3) is 3.40. The number of allylic oxidation sites excluding steroid dienone is 4. The molecule has 4 nitrogen and oxygen atoms in total. The van der Waals surface area contributed by atoms with Crippen LogP contribution >= 0.6 is 23.2 Å². The SMILES string of the molecule is C=CC(=O)N1CCC(c2onc(C3=CC=C(Cl)C(F)C3Cl)c2C)CC1. The van der Waals surface area contributed by atoms with Crippen LogP contribution in [0.1, 0.15) is 35.8 Å². The van der Waals surface area contributed by atoms with Crippen molar-refractivity contribution in [1.29, 1.82) is 0 Å². The number of rotatable bonds is 3. The smallest absolute Gasteiger partial charge is 0.245 e. The molecule has 0 radical (unpaired) electrons. The minimum absolute atomic E-state index is 0.0524. The van der Waals surface area contributed by atoms with Gasteiger partial charge in [-0.25, -0.2) is 4.39 Å². The number of likely N-dealkylation sites (tertiary alicyclic amines) is 1. The van der Waals surface area contributed by atoms with Gasteiger partial charge in [0.2, 0.25) is 5.91 Å². The molecule has 1 aliphatic heterocycles. The number of hydrogen-bond donors (Lipinski definition) is 0. The predicted octanol–water partition coefficient (Wildman–Crippen LogP) is 4.34. The van der Waals surface area contributed by atoms with E-state index >= 15 is 0 Å². The summed E-state index contributed by atoms with van der Waals surface area (Å²) in [5.74, 6) is 0.901. The number of nitrogens with zero attached hydrogens (tertiary/aromatic N) is 2. The van der Waals surface area contributed by atoms with Crippen molar-refractivity contribution in [3.05, 3.63) is 46.9 Å². The van der Waals surface area contributed by atoms with Crippen molar-refractivity contribution >= 4 is 34.7 Å². The summed E-state index contributed by atoms with van der Waals surface area (Å²) in [6, 6.07) is 0. The topological polar surface area (TPSA) is 46.3 Å². The van der Waals surface area contributed by atoms with Crippen LogP contribution in [0.3, 0.4) is 0 Å². The van der Waals surface area contributed by atoms with Gasteiger partial charge in [-0.1, -0.05) is 29.4 Å². The van der Waals surface area contributed by atoms with Crippen LogP contribution in [0.2, 0.25) is 0 Å². The second-order valence-electron chi connectivity index (χ2n) is 6.30. The maximum Gasteiger partial charge on any atom is 0.245 e. The van der Waals surface area contributed by atoms with Gasteiger partial charge in [0.15, 0.2) is 6.17 Å². The second-order valence-corrected chi connectivity index (χ2v) is 7.21. The van der Waals surface area contributed by atoms with Gasteiger partial charge in [-0.3, -0.25) is 4.79 Å². The molecule has 0 aromatic carbocycles. The van der Waals surface area contributed by atoms with E-state index in [1.165, 1.54) is 12.2 Å². The standard InChI is InChI=1S/C18H19Cl2FN2O2/c1-3-14(24)23-8-6-11(7-9-23)18-10(2)17(22-25-18)12-4-5-13(19)16(21)15(12)20/h3-5,11,15-16H,1,6-9H2,2H3. The molecule has 2 unspecified atom stereocenters. The molecule has 0 saturated carbocycles. The van der Waals surface area contributed by atoms with Gasteiger partial charge in [0.25, 0.3) is 0 Å². The van der Waals surface area contributed by atoms with Crippen LogP contribution in [-0.2, 0) is 4.79 Å². The lowest BCUT2D eigenvalue weighted by molar-refractivity contribution is -0.127. The van der Waals surface area contributed by atoms with Crippen molar-refractivity contribution in [2.45, 2.75) is 37.2 Å². The highest BCUT2D eigenvalue weighted by Gasteiger charge is 2.33. The van der Waals surface area contributed by atoms with Gasteiger partial charge < -0.3 is 9.42 Å². The zero-order valence-electron chi connectivity index (χ0n) is 13.8. The van der Waals surface area contributed by atoms with E-state index in [9.17, 15) is 9.18 Å². The third-order valence-electron chi connectivity index (χ3n) is 4.83. The van der Waals surface area contributed by atoms with Gasteiger partial charge in [-0.2, -0.15) is 0 Å². The lowest BCUT2D eigenvalue weighted by atomic mass is 9.90. The van der Waals surface area contributed by atoms with Crippen molar-refractivity contribution in [3.8, 4) is 0 Å². The van der Waals surface area contributed by atoms with E-state index < -0.39 is 11.5 Å². The highest BCUT2D eigenvalue weighted by molar-refractivity contribution is 6.34. The van der Waals surface area contributed by atoms with E-state index in [4.69, 9.17) is 27.7 Å². The molecule has 1 aromatic rings. The van der Waals surface area contributed by atoms with Crippen LogP contribution in [0, 0.1) is 6.92 Å². The maximum absolute atomic E-state index is 14.1. The van der Waals surface area contributed by atoms with Gasteiger partial charge in [0.05, 0.1) is 10.4 Å². The molecule has 3 rings (SSSR count). The van der Waals surface area contributed by atoms with E-state index in [1.54, 1.807) is 11.0 Å². The Morgan fingerprint density at radius 3 is 2.76 bits per heavy atom.